The summed E-state index contributed by atoms with van der Waals surface area (Å²) in [4.78, 5) is 21.6. The summed E-state index contributed by atoms with van der Waals surface area (Å²) in [6, 6.07) is 13.7. The van der Waals surface area contributed by atoms with Crippen molar-refractivity contribution in [3.63, 3.8) is 0 Å². The average Bonchev–Trinajstić information content (AvgIpc) is 2.68. The van der Waals surface area contributed by atoms with Gasteiger partial charge in [0.15, 0.2) is 0 Å². The van der Waals surface area contributed by atoms with Crippen LogP contribution in [0.15, 0.2) is 52.3 Å². The maximum atomic E-state index is 13.3. The largest absolute Gasteiger partial charge is 0.395 e. The number of hydrogen-bond donors (Lipinski definition) is 1. The molecule has 1 fully saturated rings. The molecule has 0 spiro atoms. The third-order valence-electron chi connectivity index (χ3n) is 4.98. The standard InChI is InChI=1S/C20H22ClN3O2S.2ClH/c21-15-5-6-19-17(13-15)24(16-3-1-2-4-18(16)27-19)20(26)14-23-9-7-22(8-10-23)11-12-25;;/h1-6,13,25H,7-12,14H2;2*1H. The Morgan fingerprint density at radius 2 is 1.62 bits per heavy atom. The molecule has 158 valence electrons. The molecule has 0 aromatic heterocycles. The van der Waals surface area contributed by atoms with Crippen molar-refractivity contribution in [3.05, 3.63) is 47.5 Å². The molecule has 0 radical (unpaired) electrons. The predicted octanol–water partition coefficient (Wildman–Crippen LogP) is 3.92. The van der Waals surface area contributed by atoms with Crippen LogP contribution in [0.2, 0.25) is 5.02 Å². The zero-order valence-corrected chi connectivity index (χ0v) is 19.0. The van der Waals surface area contributed by atoms with Gasteiger partial charge in [0.1, 0.15) is 0 Å². The predicted molar refractivity (Wildman–Crippen MR) is 124 cm³/mol. The van der Waals surface area contributed by atoms with E-state index in [-0.39, 0.29) is 37.3 Å². The van der Waals surface area contributed by atoms with Gasteiger partial charge in [-0.25, -0.2) is 0 Å². The van der Waals surface area contributed by atoms with Gasteiger partial charge in [0.05, 0.1) is 24.5 Å². The van der Waals surface area contributed by atoms with E-state index in [4.69, 9.17) is 16.7 Å². The molecule has 1 N–H and O–H groups in total. The molecule has 2 aliphatic rings. The van der Waals surface area contributed by atoms with Crippen LogP contribution in [0.25, 0.3) is 0 Å². The number of para-hydroxylation sites is 1. The SMILES string of the molecule is Cl.Cl.O=C(CN1CCN(CCO)CC1)N1c2ccccc2Sc2ccc(Cl)cc21. The lowest BCUT2D eigenvalue weighted by molar-refractivity contribution is -0.119. The smallest absolute Gasteiger partial charge is 0.245 e. The molecular formula is C20H24Cl3N3O2S. The Bertz CT molecular complexity index is 847. The highest BCUT2D eigenvalue weighted by Crippen LogP contribution is 2.48. The molecule has 2 heterocycles. The Morgan fingerprint density at radius 1 is 0.966 bits per heavy atom. The molecule has 0 aliphatic carbocycles. The molecule has 2 aromatic carbocycles. The molecule has 29 heavy (non-hydrogen) atoms. The van der Waals surface area contributed by atoms with Crippen molar-refractivity contribution in [2.45, 2.75) is 9.79 Å². The fraction of sp³-hybridized carbons (Fsp3) is 0.350. The van der Waals surface area contributed by atoms with Gasteiger partial charge in [0.2, 0.25) is 5.91 Å². The number of benzene rings is 2. The van der Waals surface area contributed by atoms with Crippen LogP contribution < -0.4 is 4.90 Å². The minimum Gasteiger partial charge on any atom is -0.395 e. The molecule has 0 saturated carbocycles. The monoisotopic (exact) mass is 475 g/mol. The van der Waals surface area contributed by atoms with Crippen LogP contribution in [-0.4, -0.2) is 66.7 Å². The number of fused-ring (bicyclic) bond motifs is 2. The van der Waals surface area contributed by atoms with E-state index in [2.05, 4.69) is 9.80 Å². The van der Waals surface area contributed by atoms with Crippen molar-refractivity contribution in [1.82, 2.24) is 9.80 Å². The summed E-state index contributed by atoms with van der Waals surface area (Å²) in [5.74, 6) is 0.0573. The van der Waals surface area contributed by atoms with Gasteiger partial charge >= 0.3 is 0 Å². The first kappa shape index (κ1) is 24.3. The van der Waals surface area contributed by atoms with Crippen LogP contribution in [0.5, 0.6) is 0 Å². The van der Waals surface area contributed by atoms with Gasteiger partial charge in [-0.2, -0.15) is 0 Å². The van der Waals surface area contributed by atoms with Gasteiger partial charge in [-0.15, -0.1) is 24.8 Å². The third-order valence-corrected chi connectivity index (χ3v) is 6.34. The number of anilines is 2. The number of piperazine rings is 1. The molecule has 9 heteroatoms. The highest BCUT2D eigenvalue weighted by Gasteiger charge is 2.30. The lowest BCUT2D eigenvalue weighted by Crippen LogP contribution is -2.50. The number of nitrogens with zero attached hydrogens (tertiary/aromatic N) is 3. The molecule has 2 aromatic rings. The number of carbonyl (C=O) groups excluding carboxylic acids is 1. The van der Waals surface area contributed by atoms with E-state index in [9.17, 15) is 4.79 Å². The highest BCUT2D eigenvalue weighted by atomic mass is 35.5. The molecule has 4 rings (SSSR count). The summed E-state index contributed by atoms with van der Waals surface area (Å²) in [5, 5.41) is 9.71. The first-order chi connectivity index (χ1) is 13.2. The van der Waals surface area contributed by atoms with E-state index in [0.29, 0.717) is 18.1 Å². The van der Waals surface area contributed by atoms with Crippen LogP contribution in [0.3, 0.4) is 0 Å². The van der Waals surface area contributed by atoms with E-state index in [1.165, 1.54) is 0 Å². The number of carbonyl (C=O) groups is 1. The van der Waals surface area contributed by atoms with Crippen molar-refractivity contribution >= 4 is 65.5 Å². The second-order valence-corrected chi connectivity index (χ2v) is 8.27. The summed E-state index contributed by atoms with van der Waals surface area (Å²) in [6.45, 7) is 4.67. The van der Waals surface area contributed by atoms with Crippen LogP contribution in [0.4, 0.5) is 11.4 Å². The maximum Gasteiger partial charge on any atom is 0.245 e. The zero-order valence-electron chi connectivity index (χ0n) is 15.8. The molecule has 0 bridgehead atoms. The second kappa shape index (κ2) is 10.9. The number of β-amino-alcohol motifs (C(OH)–C–C–N with tert-alkyl or cyclic N) is 1. The molecule has 0 unspecified atom stereocenters. The molecule has 1 saturated heterocycles. The molecule has 5 nitrogen and oxygen atoms in total. The fourth-order valence-electron chi connectivity index (χ4n) is 3.57. The van der Waals surface area contributed by atoms with Crippen molar-refractivity contribution in [2.24, 2.45) is 0 Å². The Labute approximate surface area is 192 Å². The van der Waals surface area contributed by atoms with Gasteiger partial charge < -0.3 is 5.11 Å². The van der Waals surface area contributed by atoms with Gasteiger partial charge in [-0.3, -0.25) is 19.5 Å². The van der Waals surface area contributed by atoms with Crippen molar-refractivity contribution in [2.75, 3.05) is 50.8 Å². The van der Waals surface area contributed by atoms with Gasteiger partial charge in [0, 0.05) is 47.5 Å². The highest BCUT2D eigenvalue weighted by molar-refractivity contribution is 7.99. The lowest BCUT2D eigenvalue weighted by Gasteiger charge is -2.36. The van der Waals surface area contributed by atoms with Crippen molar-refractivity contribution in [3.8, 4) is 0 Å². The van der Waals surface area contributed by atoms with E-state index in [1.807, 2.05) is 47.4 Å². The van der Waals surface area contributed by atoms with Gasteiger partial charge in [-0.1, -0.05) is 35.5 Å². The van der Waals surface area contributed by atoms with Gasteiger partial charge in [0.25, 0.3) is 0 Å². The normalized spacial score (nSPS) is 16.3. The first-order valence-corrected chi connectivity index (χ1v) is 10.3. The van der Waals surface area contributed by atoms with Crippen LogP contribution in [0, 0.1) is 0 Å². The maximum absolute atomic E-state index is 13.3. The minimum atomic E-state index is 0. The minimum absolute atomic E-state index is 0. The fourth-order valence-corrected chi connectivity index (χ4v) is 4.78. The molecule has 2 aliphatic heterocycles. The molecule has 0 atom stereocenters. The average molecular weight is 477 g/mol. The number of rotatable bonds is 4. The third kappa shape index (κ3) is 5.39. The lowest BCUT2D eigenvalue weighted by atomic mass is 10.2. The zero-order chi connectivity index (χ0) is 18.8. The summed E-state index contributed by atoms with van der Waals surface area (Å²) in [5.41, 5.74) is 1.77. The summed E-state index contributed by atoms with van der Waals surface area (Å²) in [7, 11) is 0. The Morgan fingerprint density at radius 3 is 2.34 bits per heavy atom. The van der Waals surface area contributed by atoms with E-state index in [1.54, 1.807) is 11.8 Å². The summed E-state index contributed by atoms with van der Waals surface area (Å²) in [6.07, 6.45) is 0. The van der Waals surface area contributed by atoms with E-state index in [0.717, 1.165) is 47.3 Å². The van der Waals surface area contributed by atoms with E-state index < -0.39 is 0 Å². The second-order valence-electron chi connectivity index (χ2n) is 6.75. The van der Waals surface area contributed by atoms with Crippen molar-refractivity contribution < 1.29 is 9.90 Å². The first-order valence-electron chi connectivity index (χ1n) is 9.10. The summed E-state index contributed by atoms with van der Waals surface area (Å²) >= 11 is 7.90. The quantitative estimate of drug-likeness (QED) is 0.725. The molecule has 1 amide bonds. The topological polar surface area (TPSA) is 47.0 Å². The number of hydrogen-bond acceptors (Lipinski definition) is 5. The van der Waals surface area contributed by atoms with Gasteiger partial charge in [-0.05, 0) is 30.3 Å². The molecular weight excluding hydrogens is 453 g/mol. The Kier molecular flexibility index (Phi) is 9.10. The van der Waals surface area contributed by atoms with Crippen LogP contribution in [0.1, 0.15) is 0 Å². The Balaban J connectivity index is 0.00000150. The number of aliphatic hydroxyl groups excluding tert-OH is 1. The van der Waals surface area contributed by atoms with Crippen LogP contribution >= 0.6 is 48.2 Å². The van der Waals surface area contributed by atoms with Crippen LogP contribution in [-0.2, 0) is 4.79 Å². The number of amides is 1. The number of aliphatic hydroxyl groups is 1. The Hall–Kier alpha value is -0.990. The van der Waals surface area contributed by atoms with Crippen molar-refractivity contribution in [1.29, 1.82) is 0 Å². The van der Waals surface area contributed by atoms with E-state index >= 15 is 0 Å². The summed E-state index contributed by atoms with van der Waals surface area (Å²) < 4.78 is 0. The number of halogens is 3.